The lowest BCUT2D eigenvalue weighted by Gasteiger charge is -2.17. The fourth-order valence-electron chi connectivity index (χ4n) is 3.37. The number of anilines is 2. The molecule has 2 aromatic carbocycles. The van der Waals surface area contributed by atoms with E-state index in [0.717, 1.165) is 31.7 Å². The molecule has 0 atom stereocenters. The zero-order chi connectivity index (χ0) is 22.4. The number of nitrogens with zero attached hydrogens (tertiary/aromatic N) is 1. The summed E-state index contributed by atoms with van der Waals surface area (Å²) in [5.41, 5.74) is 0.222. The molecule has 0 spiro atoms. The van der Waals surface area contributed by atoms with Gasteiger partial charge in [-0.1, -0.05) is 12.1 Å². The topological polar surface area (TPSA) is 154 Å². The highest BCUT2D eigenvalue weighted by atomic mass is 32.2. The van der Waals surface area contributed by atoms with E-state index in [9.17, 15) is 23.3 Å². The molecule has 166 valence electrons. The van der Waals surface area contributed by atoms with Gasteiger partial charge in [0.1, 0.15) is 11.4 Å². The summed E-state index contributed by atoms with van der Waals surface area (Å²) in [5.74, 6) is 0.323. The average molecular weight is 449 g/mol. The summed E-state index contributed by atoms with van der Waals surface area (Å²) in [6, 6.07) is 10.5. The Morgan fingerprint density at radius 1 is 1.16 bits per heavy atom. The molecule has 11 heteroatoms. The van der Waals surface area contributed by atoms with Gasteiger partial charge in [0, 0.05) is 19.0 Å². The van der Waals surface area contributed by atoms with Gasteiger partial charge >= 0.3 is 0 Å². The largest absolute Gasteiger partial charge is 0.488 e. The van der Waals surface area contributed by atoms with Crippen LogP contribution in [0, 0.1) is 10.1 Å². The van der Waals surface area contributed by atoms with Crippen LogP contribution in [0.2, 0.25) is 0 Å². The first kappa shape index (κ1) is 22.5. The molecule has 0 aliphatic heterocycles. The molecule has 0 radical (unpaired) electrons. The summed E-state index contributed by atoms with van der Waals surface area (Å²) in [4.78, 5) is 22.5. The first-order valence-corrected chi connectivity index (χ1v) is 11.4. The zero-order valence-corrected chi connectivity index (χ0v) is 17.6. The molecule has 10 nitrogen and oxygen atoms in total. The van der Waals surface area contributed by atoms with Gasteiger partial charge in [-0.15, -0.1) is 0 Å². The second-order valence-corrected chi connectivity index (χ2v) is 8.79. The van der Waals surface area contributed by atoms with E-state index in [-0.39, 0.29) is 35.6 Å². The normalized spacial score (nSPS) is 14.2. The fraction of sp³-hybridized carbons (Fsp3) is 0.350. The molecule has 1 aliphatic rings. The second-order valence-electron chi connectivity index (χ2n) is 7.23. The Hall–Kier alpha value is -3.18. The molecule has 0 saturated heterocycles. The number of para-hydroxylation sites is 2. The highest BCUT2D eigenvalue weighted by molar-refractivity contribution is 7.89. The molecule has 4 N–H and O–H groups in total. The summed E-state index contributed by atoms with van der Waals surface area (Å²) in [5, 5.41) is 21.9. The van der Waals surface area contributed by atoms with Crippen molar-refractivity contribution in [2.75, 3.05) is 17.2 Å². The Balaban J connectivity index is 1.59. The number of rotatable bonds is 9. The number of hydrogen-bond acceptors (Lipinski definition) is 7. The van der Waals surface area contributed by atoms with E-state index in [1.165, 1.54) is 12.1 Å². The van der Waals surface area contributed by atoms with Crippen molar-refractivity contribution >= 4 is 33.0 Å². The molecular formula is C20H24N4O6S. The number of nitro groups is 1. The zero-order valence-electron chi connectivity index (χ0n) is 16.7. The minimum absolute atomic E-state index is 0.0336. The number of nitrogens with one attached hydrogen (secondary N) is 2. The monoisotopic (exact) mass is 448 g/mol. The lowest BCUT2D eigenvalue weighted by atomic mass is 10.2. The van der Waals surface area contributed by atoms with E-state index >= 15 is 0 Å². The third-order valence-electron chi connectivity index (χ3n) is 4.92. The van der Waals surface area contributed by atoms with Crippen molar-refractivity contribution in [3.8, 4) is 5.75 Å². The van der Waals surface area contributed by atoms with Gasteiger partial charge in [0.15, 0.2) is 0 Å². The maximum absolute atomic E-state index is 12.4. The van der Waals surface area contributed by atoms with Gasteiger partial charge in [0.2, 0.25) is 15.9 Å². The smallest absolute Gasteiger partial charge is 0.293 e. The Morgan fingerprint density at radius 3 is 2.55 bits per heavy atom. The highest BCUT2D eigenvalue weighted by Crippen LogP contribution is 2.30. The van der Waals surface area contributed by atoms with Gasteiger partial charge in [-0.05, 0) is 49.9 Å². The van der Waals surface area contributed by atoms with Crippen molar-refractivity contribution in [2.24, 2.45) is 5.14 Å². The van der Waals surface area contributed by atoms with Gasteiger partial charge in [0.05, 0.1) is 21.6 Å². The van der Waals surface area contributed by atoms with Crippen LogP contribution in [0.15, 0.2) is 47.4 Å². The molecule has 1 amide bonds. The van der Waals surface area contributed by atoms with Crippen LogP contribution in [0.3, 0.4) is 0 Å². The van der Waals surface area contributed by atoms with Crippen molar-refractivity contribution in [3.63, 3.8) is 0 Å². The van der Waals surface area contributed by atoms with E-state index < -0.39 is 20.6 Å². The average Bonchev–Trinajstić information content (AvgIpc) is 3.22. The van der Waals surface area contributed by atoms with E-state index in [1.54, 1.807) is 12.1 Å². The molecule has 31 heavy (non-hydrogen) atoms. The Kier molecular flexibility index (Phi) is 7.08. The van der Waals surface area contributed by atoms with Crippen LogP contribution in [-0.4, -0.2) is 31.9 Å². The first-order valence-electron chi connectivity index (χ1n) is 9.84. The lowest BCUT2D eigenvalue weighted by Crippen LogP contribution is -2.18. The molecular weight excluding hydrogens is 424 g/mol. The van der Waals surface area contributed by atoms with Crippen LogP contribution in [0.25, 0.3) is 0 Å². The summed E-state index contributed by atoms with van der Waals surface area (Å²) in [6.07, 6.45) is 4.45. The van der Waals surface area contributed by atoms with Crippen LogP contribution in [0.5, 0.6) is 5.75 Å². The van der Waals surface area contributed by atoms with Gasteiger partial charge < -0.3 is 15.4 Å². The summed E-state index contributed by atoms with van der Waals surface area (Å²) >= 11 is 0. The van der Waals surface area contributed by atoms with Crippen molar-refractivity contribution in [2.45, 2.75) is 43.1 Å². The molecule has 1 fully saturated rings. The second kappa shape index (κ2) is 9.75. The molecule has 2 aromatic rings. The number of amides is 1. The van der Waals surface area contributed by atoms with Gasteiger partial charge in [-0.2, -0.15) is 0 Å². The van der Waals surface area contributed by atoms with E-state index in [4.69, 9.17) is 9.88 Å². The number of sulfonamides is 1. The van der Waals surface area contributed by atoms with Crippen LogP contribution in [0.4, 0.5) is 17.1 Å². The fourth-order valence-corrected chi connectivity index (χ4v) is 3.90. The van der Waals surface area contributed by atoms with E-state index in [0.29, 0.717) is 11.4 Å². The van der Waals surface area contributed by atoms with E-state index in [2.05, 4.69) is 10.6 Å². The summed E-state index contributed by atoms with van der Waals surface area (Å²) in [7, 11) is -4.07. The number of ether oxygens (including phenoxy) is 1. The Bertz CT molecular complexity index is 1070. The first-order chi connectivity index (χ1) is 14.7. The quantitative estimate of drug-likeness (QED) is 0.393. The number of carbonyl (C=O) groups is 1. The highest BCUT2D eigenvalue weighted by Gasteiger charge is 2.20. The molecule has 0 heterocycles. The number of nitrogens with two attached hydrogens (primary N) is 1. The molecule has 0 aromatic heterocycles. The van der Waals surface area contributed by atoms with Gasteiger partial charge in [-0.3, -0.25) is 14.9 Å². The van der Waals surface area contributed by atoms with Crippen molar-refractivity contribution in [1.82, 2.24) is 0 Å². The predicted octanol–water partition coefficient (Wildman–Crippen LogP) is 3.00. The van der Waals surface area contributed by atoms with Crippen LogP contribution < -0.4 is 20.5 Å². The number of primary sulfonamides is 1. The third kappa shape index (κ3) is 6.15. The summed E-state index contributed by atoms with van der Waals surface area (Å²) in [6.45, 7) is 0.104. The minimum Gasteiger partial charge on any atom is -0.488 e. The molecule has 0 bridgehead atoms. The predicted molar refractivity (Wildman–Crippen MR) is 116 cm³/mol. The van der Waals surface area contributed by atoms with Crippen LogP contribution in [-0.2, 0) is 14.8 Å². The van der Waals surface area contributed by atoms with Crippen molar-refractivity contribution < 1.29 is 22.9 Å². The van der Waals surface area contributed by atoms with Crippen molar-refractivity contribution in [1.29, 1.82) is 0 Å². The van der Waals surface area contributed by atoms with Crippen LogP contribution in [0.1, 0.15) is 32.1 Å². The molecule has 0 unspecified atom stereocenters. The number of nitro benzene ring substituents is 1. The number of carbonyl (C=O) groups excluding carboxylic acids is 1. The van der Waals surface area contributed by atoms with Gasteiger partial charge in [-0.25, -0.2) is 13.6 Å². The summed E-state index contributed by atoms with van der Waals surface area (Å²) < 4.78 is 28.8. The molecule has 3 rings (SSSR count). The van der Waals surface area contributed by atoms with Crippen molar-refractivity contribution in [3.05, 3.63) is 52.6 Å². The maximum atomic E-state index is 12.4. The van der Waals surface area contributed by atoms with Gasteiger partial charge in [0.25, 0.3) is 5.69 Å². The third-order valence-corrected chi connectivity index (χ3v) is 5.83. The number of benzene rings is 2. The standard InChI is InChI=1S/C20H24N4O6S/c21-31(28,29)15-9-10-16(18(13-15)24(26)27)22-12-11-20(25)23-17-7-3-4-8-19(17)30-14-5-1-2-6-14/h3-4,7-10,13-14,22H,1-2,5-6,11-12H2,(H,23,25)(H2,21,28,29). The number of hydrogen-bond donors (Lipinski definition) is 3. The Morgan fingerprint density at radius 2 is 1.87 bits per heavy atom. The minimum atomic E-state index is -4.07. The Labute approximate surface area is 180 Å². The van der Waals surface area contributed by atoms with E-state index in [1.807, 2.05) is 12.1 Å². The SMILES string of the molecule is NS(=O)(=O)c1ccc(NCCC(=O)Nc2ccccc2OC2CCCC2)c([N+](=O)[O-])c1. The maximum Gasteiger partial charge on any atom is 0.293 e. The molecule has 1 aliphatic carbocycles. The van der Waals surface area contributed by atoms with Crippen LogP contribution >= 0.6 is 0 Å². The lowest BCUT2D eigenvalue weighted by molar-refractivity contribution is -0.384. The molecule has 1 saturated carbocycles.